The first-order valence-electron chi connectivity index (χ1n) is 11.1. The number of likely N-dealkylation sites (tertiary alicyclic amines) is 1. The number of fused-ring (bicyclic) bond motifs is 1. The average molecular weight is 486 g/mol. The number of primary sulfonamides is 1. The Hall–Kier alpha value is -3.21. The highest BCUT2D eigenvalue weighted by Crippen LogP contribution is 2.29. The monoisotopic (exact) mass is 485 g/mol. The molecule has 0 atom stereocenters. The van der Waals surface area contributed by atoms with Crippen LogP contribution in [0.15, 0.2) is 57.8 Å². The molecule has 34 heavy (non-hydrogen) atoms. The second-order valence-electron chi connectivity index (χ2n) is 8.24. The maximum Gasteiger partial charge on any atom is 0.374 e. The van der Waals surface area contributed by atoms with Gasteiger partial charge in [-0.2, -0.15) is 0 Å². The molecule has 0 unspecified atom stereocenters. The number of carbonyl (C=O) groups excluding carboxylic acids is 2. The van der Waals surface area contributed by atoms with Crippen LogP contribution in [0.4, 0.5) is 5.69 Å². The summed E-state index contributed by atoms with van der Waals surface area (Å²) in [6.45, 7) is 3.91. The van der Waals surface area contributed by atoms with E-state index >= 15 is 0 Å². The Kier molecular flexibility index (Phi) is 7.01. The number of furan rings is 1. The molecule has 2 aromatic carbocycles. The largest absolute Gasteiger partial charge is 0.460 e. The van der Waals surface area contributed by atoms with Crippen LogP contribution in [0, 0.1) is 5.92 Å². The van der Waals surface area contributed by atoms with Crippen LogP contribution in [0.25, 0.3) is 11.0 Å². The lowest BCUT2D eigenvalue weighted by atomic mass is 9.95. The molecule has 0 aliphatic carbocycles. The molecule has 9 nitrogen and oxygen atoms in total. The number of rotatable bonds is 7. The van der Waals surface area contributed by atoms with Crippen LogP contribution in [0.3, 0.4) is 0 Å². The summed E-state index contributed by atoms with van der Waals surface area (Å²) in [6.07, 6.45) is 1.32. The van der Waals surface area contributed by atoms with Crippen molar-refractivity contribution in [2.45, 2.75) is 31.2 Å². The van der Waals surface area contributed by atoms with E-state index in [1.54, 1.807) is 6.92 Å². The van der Waals surface area contributed by atoms with Crippen LogP contribution in [-0.4, -0.2) is 44.9 Å². The van der Waals surface area contributed by atoms with E-state index < -0.39 is 16.0 Å². The van der Waals surface area contributed by atoms with Crippen LogP contribution in [0.1, 0.15) is 35.9 Å². The number of esters is 1. The van der Waals surface area contributed by atoms with Gasteiger partial charge in [0.25, 0.3) is 0 Å². The fourth-order valence-corrected chi connectivity index (χ4v) is 4.68. The summed E-state index contributed by atoms with van der Waals surface area (Å²) in [7, 11) is -3.78. The van der Waals surface area contributed by atoms with Crippen molar-refractivity contribution in [3.8, 4) is 0 Å². The molecule has 0 saturated carbocycles. The lowest BCUT2D eigenvalue weighted by Crippen LogP contribution is -2.38. The zero-order chi connectivity index (χ0) is 24.3. The molecule has 1 aliphatic heterocycles. The molecule has 180 valence electrons. The number of para-hydroxylation sites is 1. The predicted molar refractivity (Wildman–Crippen MR) is 127 cm³/mol. The first-order valence-corrected chi connectivity index (χ1v) is 12.6. The van der Waals surface area contributed by atoms with Gasteiger partial charge in [0.05, 0.1) is 11.5 Å². The maximum absolute atomic E-state index is 12.7. The third-order valence-corrected chi connectivity index (χ3v) is 6.88. The number of amides is 1. The predicted octanol–water partition coefficient (Wildman–Crippen LogP) is 3.11. The molecule has 0 spiro atoms. The number of benzene rings is 2. The number of ether oxygens (including phenoxy) is 1. The SMILES string of the molecule is CCOC(=O)c1oc2ccccc2c1CN1CCC(C(=O)Nc2ccc(S(N)(=O)=O)cc2)CC1. The number of anilines is 1. The molecular formula is C24H27N3O6S. The fraction of sp³-hybridized carbons (Fsp3) is 0.333. The highest BCUT2D eigenvalue weighted by molar-refractivity contribution is 7.89. The molecular weight excluding hydrogens is 458 g/mol. The van der Waals surface area contributed by atoms with Crippen molar-refractivity contribution in [1.29, 1.82) is 0 Å². The Morgan fingerprint density at radius 1 is 1.12 bits per heavy atom. The number of carbonyl (C=O) groups is 2. The normalized spacial score (nSPS) is 15.4. The van der Waals surface area contributed by atoms with E-state index in [4.69, 9.17) is 14.3 Å². The van der Waals surface area contributed by atoms with Gasteiger partial charge in [-0.05, 0) is 63.2 Å². The van der Waals surface area contributed by atoms with E-state index in [-0.39, 0.29) is 29.1 Å². The zero-order valence-electron chi connectivity index (χ0n) is 18.8. The molecule has 0 bridgehead atoms. The number of hydrogen-bond donors (Lipinski definition) is 2. The average Bonchev–Trinajstić information content (AvgIpc) is 3.18. The van der Waals surface area contributed by atoms with Gasteiger partial charge in [-0.1, -0.05) is 18.2 Å². The lowest BCUT2D eigenvalue weighted by molar-refractivity contribution is -0.121. The highest BCUT2D eigenvalue weighted by Gasteiger charge is 2.28. The number of nitrogens with one attached hydrogen (secondary N) is 1. The Morgan fingerprint density at radius 3 is 2.44 bits per heavy atom. The summed E-state index contributed by atoms with van der Waals surface area (Å²) in [5, 5.41) is 8.83. The summed E-state index contributed by atoms with van der Waals surface area (Å²) in [5.74, 6) is -0.522. The molecule has 10 heteroatoms. The van der Waals surface area contributed by atoms with Crippen LogP contribution in [0.2, 0.25) is 0 Å². The molecule has 1 aromatic heterocycles. The summed E-state index contributed by atoms with van der Waals surface area (Å²) in [4.78, 5) is 27.3. The first-order chi connectivity index (χ1) is 16.3. The van der Waals surface area contributed by atoms with Gasteiger partial charge in [0.1, 0.15) is 5.58 Å². The third-order valence-electron chi connectivity index (χ3n) is 5.95. The summed E-state index contributed by atoms with van der Waals surface area (Å²) >= 11 is 0. The van der Waals surface area contributed by atoms with Gasteiger partial charge in [-0.25, -0.2) is 18.4 Å². The Bertz CT molecular complexity index is 1290. The van der Waals surface area contributed by atoms with Crippen molar-refractivity contribution in [2.75, 3.05) is 25.0 Å². The van der Waals surface area contributed by atoms with Crippen molar-refractivity contribution >= 4 is 38.6 Å². The number of nitrogens with zero attached hydrogens (tertiary/aromatic N) is 1. The van der Waals surface area contributed by atoms with E-state index in [2.05, 4.69) is 10.2 Å². The molecule has 1 fully saturated rings. The topological polar surface area (TPSA) is 132 Å². The summed E-state index contributed by atoms with van der Waals surface area (Å²) in [6, 6.07) is 13.3. The number of nitrogens with two attached hydrogens (primary N) is 1. The van der Waals surface area contributed by atoms with Crippen molar-refractivity contribution in [1.82, 2.24) is 4.90 Å². The molecule has 3 N–H and O–H groups in total. The molecule has 0 radical (unpaired) electrons. The van der Waals surface area contributed by atoms with Crippen LogP contribution >= 0.6 is 0 Å². The summed E-state index contributed by atoms with van der Waals surface area (Å²) in [5.41, 5.74) is 1.96. The Morgan fingerprint density at radius 2 is 1.79 bits per heavy atom. The number of piperidine rings is 1. The van der Waals surface area contributed by atoms with Crippen molar-refractivity contribution in [3.63, 3.8) is 0 Å². The number of sulfonamides is 1. The second kappa shape index (κ2) is 9.96. The molecule has 1 amide bonds. The Labute approximate surface area is 197 Å². The first kappa shape index (κ1) is 23.9. The van der Waals surface area contributed by atoms with Gasteiger partial charge in [0.2, 0.25) is 21.7 Å². The van der Waals surface area contributed by atoms with E-state index in [0.29, 0.717) is 43.7 Å². The Balaban J connectivity index is 1.39. The van der Waals surface area contributed by atoms with Crippen molar-refractivity contribution in [2.24, 2.45) is 11.1 Å². The third kappa shape index (κ3) is 5.30. The second-order valence-corrected chi connectivity index (χ2v) is 9.80. The molecule has 4 rings (SSSR count). The van der Waals surface area contributed by atoms with Gasteiger partial charge in [-0.15, -0.1) is 0 Å². The highest BCUT2D eigenvalue weighted by atomic mass is 32.2. The minimum Gasteiger partial charge on any atom is -0.460 e. The van der Waals surface area contributed by atoms with E-state index in [0.717, 1.165) is 10.9 Å². The quantitative estimate of drug-likeness (QED) is 0.492. The van der Waals surface area contributed by atoms with Crippen LogP contribution in [-0.2, 0) is 26.1 Å². The maximum atomic E-state index is 12.7. The minimum atomic E-state index is -3.78. The van der Waals surface area contributed by atoms with E-state index in [9.17, 15) is 18.0 Å². The van der Waals surface area contributed by atoms with Crippen molar-refractivity contribution in [3.05, 3.63) is 59.9 Å². The van der Waals surface area contributed by atoms with Gasteiger partial charge in [-0.3, -0.25) is 9.69 Å². The molecule has 3 aromatic rings. The van der Waals surface area contributed by atoms with Crippen molar-refractivity contribution < 1.29 is 27.2 Å². The number of hydrogen-bond acceptors (Lipinski definition) is 7. The van der Waals surface area contributed by atoms with E-state index in [1.807, 2.05) is 24.3 Å². The van der Waals surface area contributed by atoms with Gasteiger partial charge >= 0.3 is 5.97 Å². The smallest absolute Gasteiger partial charge is 0.374 e. The molecule has 1 aliphatic rings. The summed E-state index contributed by atoms with van der Waals surface area (Å²) < 4.78 is 33.7. The molecule has 2 heterocycles. The van der Waals surface area contributed by atoms with Gasteiger partial charge < -0.3 is 14.5 Å². The standard InChI is InChI=1S/C24H27N3O6S/c1-2-32-24(29)22-20(19-5-3-4-6-21(19)33-22)15-27-13-11-16(12-14-27)23(28)26-17-7-9-18(10-8-17)34(25,30)31/h3-10,16H,2,11-15H2,1H3,(H,26,28)(H2,25,30,31). The zero-order valence-corrected chi connectivity index (χ0v) is 19.6. The van der Waals surface area contributed by atoms with Crippen LogP contribution < -0.4 is 10.5 Å². The lowest BCUT2D eigenvalue weighted by Gasteiger charge is -2.31. The fourth-order valence-electron chi connectivity index (χ4n) is 4.17. The van der Waals surface area contributed by atoms with E-state index in [1.165, 1.54) is 24.3 Å². The van der Waals surface area contributed by atoms with Gasteiger partial charge in [0.15, 0.2) is 0 Å². The van der Waals surface area contributed by atoms with Crippen LogP contribution in [0.5, 0.6) is 0 Å². The van der Waals surface area contributed by atoms with Gasteiger partial charge in [0, 0.05) is 29.1 Å². The minimum absolute atomic E-state index is 0.00670. The molecule has 1 saturated heterocycles.